The lowest BCUT2D eigenvalue weighted by Gasteiger charge is -2.48. The third-order valence-electron chi connectivity index (χ3n) is 5.87. The Morgan fingerprint density at radius 1 is 0.477 bits per heavy atom. The first-order valence-electron chi connectivity index (χ1n) is 13.2. The van der Waals surface area contributed by atoms with Crippen LogP contribution in [0.4, 0.5) is 0 Å². The third-order valence-corrected chi connectivity index (χ3v) is 6.61. The highest BCUT2D eigenvalue weighted by Crippen LogP contribution is 2.36. The van der Waals surface area contributed by atoms with E-state index in [0.29, 0.717) is 0 Å². The van der Waals surface area contributed by atoms with Crippen LogP contribution in [0.3, 0.4) is 0 Å². The van der Waals surface area contributed by atoms with Gasteiger partial charge in [0.1, 0.15) is 31.5 Å². The summed E-state index contributed by atoms with van der Waals surface area (Å²) >= 11 is 3.23. The largest absolute Gasteiger partial charge is 0.463 e. The van der Waals surface area contributed by atoms with Gasteiger partial charge < -0.3 is 47.4 Å². The van der Waals surface area contributed by atoms with E-state index in [0.717, 1.165) is 48.5 Å². The molecule has 0 aromatic carbocycles. The van der Waals surface area contributed by atoms with Gasteiger partial charge in [-0.05, 0) is 0 Å². The van der Waals surface area contributed by atoms with Crippen molar-refractivity contribution in [3.05, 3.63) is 0 Å². The van der Waals surface area contributed by atoms with E-state index in [9.17, 15) is 33.6 Å². The van der Waals surface area contributed by atoms with E-state index in [2.05, 4.69) is 15.9 Å². The summed E-state index contributed by atoms with van der Waals surface area (Å²) in [4.78, 5) is 83.8. The number of carbonyl (C=O) groups is 7. The van der Waals surface area contributed by atoms with Crippen LogP contribution in [0.1, 0.15) is 48.5 Å². The molecule has 2 rings (SSSR count). The molecule has 0 N–H and O–H groups in total. The summed E-state index contributed by atoms with van der Waals surface area (Å²) in [5.41, 5.74) is 0. The molecule has 0 radical (unpaired) electrons. The summed E-state index contributed by atoms with van der Waals surface area (Å²) in [7, 11) is 0. The van der Waals surface area contributed by atoms with Crippen molar-refractivity contribution in [1.29, 1.82) is 0 Å². The fourth-order valence-corrected chi connectivity index (χ4v) is 5.15. The predicted molar refractivity (Wildman–Crippen MR) is 142 cm³/mol. The first-order chi connectivity index (χ1) is 20.5. The summed E-state index contributed by atoms with van der Waals surface area (Å²) in [6.07, 6.45) is -13.2. The van der Waals surface area contributed by atoms with Crippen LogP contribution in [0, 0.1) is 0 Å². The van der Waals surface area contributed by atoms with Crippen LogP contribution in [0.25, 0.3) is 0 Å². The van der Waals surface area contributed by atoms with E-state index in [1.165, 1.54) is 0 Å². The highest BCUT2D eigenvalue weighted by Gasteiger charge is 2.57. The Morgan fingerprint density at radius 2 is 0.841 bits per heavy atom. The number of esters is 7. The van der Waals surface area contributed by atoms with E-state index < -0.39 is 115 Å². The van der Waals surface area contributed by atoms with Crippen LogP contribution < -0.4 is 0 Å². The van der Waals surface area contributed by atoms with Crippen molar-refractivity contribution >= 4 is 57.7 Å². The van der Waals surface area contributed by atoms with E-state index >= 15 is 0 Å². The molecule has 2 saturated heterocycles. The van der Waals surface area contributed by atoms with Crippen LogP contribution in [-0.4, -0.2) is 115 Å². The summed E-state index contributed by atoms with van der Waals surface area (Å²) in [5, 5.41) is -1.09. The maximum absolute atomic E-state index is 12.2. The first-order valence-corrected chi connectivity index (χ1v) is 14.1. The lowest BCUT2D eigenvalue weighted by molar-refractivity contribution is -0.341. The van der Waals surface area contributed by atoms with Gasteiger partial charge in [-0.15, -0.1) is 0 Å². The molecule has 248 valence electrons. The number of ether oxygens (including phenoxy) is 10. The fourth-order valence-electron chi connectivity index (χ4n) is 4.46. The predicted octanol–water partition coefficient (Wildman–Crippen LogP) is 0.00100. The van der Waals surface area contributed by atoms with Crippen molar-refractivity contribution < 1.29 is 80.9 Å². The van der Waals surface area contributed by atoms with Gasteiger partial charge in [-0.25, -0.2) is 0 Å². The topological polar surface area (TPSA) is 212 Å². The van der Waals surface area contributed by atoms with Gasteiger partial charge in [0.2, 0.25) is 0 Å². The minimum absolute atomic E-state index is 0.460. The van der Waals surface area contributed by atoms with Crippen LogP contribution in [0.15, 0.2) is 0 Å². The number of rotatable bonds is 11. The maximum atomic E-state index is 12.2. The Morgan fingerprint density at radius 3 is 1.27 bits per heavy atom. The van der Waals surface area contributed by atoms with Gasteiger partial charge in [-0.1, -0.05) is 15.9 Å². The quantitative estimate of drug-likeness (QED) is 0.158. The fraction of sp³-hybridized carbons (Fsp3) is 0.731. The number of alkyl halides is 1. The molecule has 0 aromatic heterocycles. The van der Waals surface area contributed by atoms with Crippen molar-refractivity contribution in [2.45, 2.75) is 109 Å². The molecule has 2 aliphatic rings. The zero-order valence-corrected chi connectivity index (χ0v) is 26.6. The number of carbonyl (C=O) groups excluding carboxylic acids is 7. The van der Waals surface area contributed by atoms with Gasteiger partial charge >= 0.3 is 41.8 Å². The molecule has 0 aromatic rings. The second kappa shape index (κ2) is 16.6. The summed E-state index contributed by atoms with van der Waals surface area (Å²) in [6, 6.07) is 0. The zero-order valence-electron chi connectivity index (χ0n) is 25.0. The number of hydrogen-bond acceptors (Lipinski definition) is 17. The second-order valence-electron chi connectivity index (χ2n) is 9.64. The van der Waals surface area contributed by atoms with E-state index in [1.807, 2.05) is 0 Å². The first kappa shape index (κ1) is 36.8. The highest BCUT2D eigenvalue weighted by atomic mass is 79.9. The zero-order chi connectivity index (χ0) is 33.3. The van der Waals surface area contributed by atoms with Gasteiger partial charge in [0.25, 0.3) is 0 Å². The average molecular weight is 699 g/mol. The second-order valence-corrected chi connectivity index (χ2v) is 10.5. The van der Waals surface area contributed by atoms with Crippen molar-refractivity contribution in [3.63, 3.8) is 0 Å². The van der Waals surface area contributed by atoms with Crippen LogP contribution in [0.5, 0.6) is 0 Å². The van der Waals surface area contributed by atoms with Crippen molar-refractivity contribution in [3.8, 4) is 0 Å². The van der Waals surface area contributed by atoms with Crippen molar-refractivity contribution in [2.24, 2.45) is 0 Å². The van der Waals surface area contributed by atoms with Gasteiger partial charge in [0, 0.05) is 48.5 Å². The Hall–Kier alpha value is -3.35. The number of hydrogen-bond donors (Lipinski definition) is 0. The molecule has 10 atom stereocenters. The van der Waals surface area contributed by atoms with Gasteiger partial charge in [0.05, 0.1) is 0 Å². The molecular weight excluding hydrogens is 664 g/mol. The van der Waals surface area contributed by atoms with Crippen LogP contribution in [0.2, 0.25) is 0 Å². The minimum Gasteiger partial charge on any atom is -0.463 e. The minimum atomic E-state index is -1.73. The van der Waals surface area contributed by atoms with Crippen molar-refractivity contribution in [2.75, 3.05) is 13.2 Å². The lowest BCUT2D eigenvalue weighted by atomic mass is 9.96. The molecule has 0 amide bonds. The van der Waals surface area contributed by atoms with Crippen LogP contribution >= 0.6 is 15.9 Å². The Kier molecular flexibility index (Phi) is 13.9. The smallest absolute Gasteiger partial charge is 0.303 e. The standard InChI is InChI=1S/C26H35BrO17/c1-10(28)35-8-17-20(21(38-13(4)31)23(25(27)42-17)40-15(6)33)44-26-24(41-16(7)34)22(39-14(5)32)19(37-12(3)30)18(43-26)9-36-11(2)29/h17-26H,8-9H2,1-7H3/t17-,18-,19-,20-,21+,22+,23-,24-,25+,26-/m1/s1. The summed E-state index contributed by atoms with van der Waals surface area (Å²) < 4.78 is 55.2. The Labute approximate surface area is 260 Å². The Balaban J connectivity index is 2.66. The normalized spacial score (nSPS) is 31.5. The molecule has 0 unspecified atom stereocenters. The van der Waals surface area contributed by atoms with E-state index in [1.54, 1.807) is 0 Å². The molecule has 0 spiro atoms. The molecule has 17 nitrogen and oxygen atoms in total. The summed E-state index contributed by atoms with van der Waals surface area (Å²) in [6.45, 7) is 6.57. The van der Waals surface area contributed by atoms with E-state index in [-0.39, 0.29) is 0 Å². The molecule has 2 heterocycles. The monoisotopic (exact) mass is 698 g/mol. The van der Waals surface area contributed by atoms with Gasteiger partial charge in [-0.2, -0.15) is 0 Å². The molecule has 0 saturated carbocycles. The third kappa shape index (κ3) is 11.0. The molecule has 0 bridgehead atoms. The van der Waals surface area contributed by atoms with Crippen molar-refractivity contribution in [1.82, 2.24) is 0 Å². The number of halogens is 1. The van der Waals surface area contributed by atoms with Gasteiger partial charge in [-0.3, -0.25) is 33.6 Å². The molecule has 18 heteroatoms. The Bertz CT molecular complexity index is 1090. The molecule has 2 aliphatic heterocycles. The lowest BCUT2D eigenvalue weighted by Crippen LogP contribution is -2.66. The van der Waals surface area contributed by atoms with Crippen LogP contribution in [-0.2, 0) is 80.9 Å². The molecule has 0 aliphatic carbocycles. The molecular formula is C26H35BrO17. The molecule has 44 heavy (non-hydrogen) atoms. The van der Waals surface area contributed by atoms with Gasteiger partial charge in [0.15, 0.2) is 41.8 Å². The summed E-state index contributed by atoms with van der Waals surface area (Å²) in [5.74, 6) is -5.63. The average Bonchev–Trinajstić information content (AvgIpc) is 2.87. The maximum Gasteiger partial charge on any atom is 0.303 e. The van der Waals surface area contributed by atoms with E-state index in [4.69, 9.17) is 47.4 Å². The molecule has 2 fully saturated rings. The highest BCUT2D eigenvalue weighted by molar-refractivity contribution is 9.09. The SMILES string of the molecule is CC(=O)OC[C@H]1O[C@H](Br)[C@H](OC(C)=O)[C@@H](OC(C)=O)[C@@H]1O[C@H]1O[C@H](COC(C)=O)[C@@H](OC(C)=O)[C@H](OC(C)=O)[C@H]1OC(C)=O.